The first-order chi connectivity index (χ1) is 6.61. The Hall–Kier alpha value is -0.610. The number of nitriles is 1. The number of phenolic OH excluding ortho intramolecular Hbond substituents is 1. The normalized spacial score (nSPS) is 9.50. The second kappa shape index (κ2) is 4.75. The van der Waals surface area contributed by atoms with Crippen LogP contribution >= 0.6 is 38.5 Å². The molecule has 0 atom stereocenters. The van der Waals surface area contributed by atoms with Gasteiger partial charge < -0.3 is 5.11 Å². The number of phenols is 1. The first kappa shape index (κ1) is 11.5. The molecule has 0 amide bonds. The molecule has 0 bridgehead atoms. The van der Waals surface area contributed by atoms with Gasteiger partial charge in [-0.3, -0.25) is 4.79 Å². The zero-order chi connectivity index (χ0) is 10.7. The van der Waals surface area contributed by atoms with Gasteiger partial charge in [0.05, 0.1) is 14.5 Å². The van der Waals surface area contributed by atoms with Gasteiger partial charge in [0.15, 0.2) is 5.78 Å². The van der Waals surface area contributed by atoms with Crippen molar-refractivity contribution in [2.75, 3.05) is 5.33 Å². The van der Waals surface area contributed by atoms with E-state index in [4.69, 9.17) is 5.26 Å². The summed E-state index contributed by atoms with van der Waals surface area (Å²) in [6.45, 7) is 0. The van der Waals surface area contributed by atoms with Gasteiger partial charge in [0.25, 0.3) is 0 Å². The second-order valence-corrected chi connectivity index (χ2v) is 4.13. The lowest BCUT2D eigenvalue weighted by molar-refractivity contribution is 0.102. The molecule has 14 heavy (non-hydrogen) atoms. The molecule has 0 aliphatic carbocycles. The molecule has 1 rings (SSSR count). The molecule has 0 saturated heterocycles. The molecular formula is C9H5BrINO2. The first-order valence-electron chi connectivity index (χ1n) is 3.62. The molecule has 0 fully saturated rings. The summed E-state index contributed by atoms with van der Waals surface area (Å²) >= 11 is 4.87. The summed E-state index contributed by atoms with van der Waals surface area (Å²) in [6.07, 6.45) is 0. The molecule has 72 valence electrons. The number of hydrogen-bond acceptors (Lipinski definition) is 3. The fourth-order valence-corrected chi connectivity index (χ4v) is 1.87. The van der Waals surface area contributed by atoms with Crippen LogP contribution in [0.4, 0.5) is 0 Å². The van der Waals surface area contributed by atoms with E-state index in [0.29, 0.717) is 9.13 Å². The quantitative estimate of drug-likeness (QED) is 0.497. The van der Waals surface area contributed by atoms with E-state index in [1.54, 1.807) is 0 Å². The van der Waals surface area contributed by atoms with Crippen molar-refractivity contribution in [2.45, 2.75) is 0 Å². The van der Waals surface area contributed by atoms with E-state index in [9.17, 15) is 9.90 Å². The van der Waals surface area contributed by atoms with Crippen LogP contribution in [0.5, 0.6) is 5.75 Å². The maximum atomic E-state index is 11.4. The first-order valence-corrected chi connectivity index (χ1v) is 5.82. The lowest BCUT2D eigenvalue weighted by Gasteiger charge is -2.04. The number of alkyl halides is 1. The third kappa shape index (κ3) is 2.07. The molecule has 5 heteroatoms. The summed E-state index contributed by atoms with van der Waals surface area (Å²) in [5, 5.41) is 18.3. The smallest absolute Gasteiger partial charge is 0.174 e. The van der Waals surface area contributed by atoms with Crippen molar-refractivity contribution in [2.24, 2.45) is 0 Å². The molecule has 0 aliphatic heterocycles. The summed E-state index contributed by atoms with van der Waals surface area (Å²) in [5.74, 6) is -0.146. The largest absolute Gasteiger partial charge is 0.507 e. The van der Waals surface area contributed by atoms with Crippen LogP contribution in [0.1, 0.15) is 15.9 Å². The minimum absolute atomic E-state index is 0.0215. The van der Waals surface area contributed by atoms with Gasteiger partial charge >= 0.3 is 0 Å². The van der Waals surface area contributed by atoms with Crippen molar-refractivity contribution < 1.29 is 9.90 Å². The summed E-state index contributed by atoms with van der Waals surface area (Å²) < 4.78 is 0.414. The Morgan fingerprint density at radius 1 is 1.64 bits per heavy atom. The minimum atomic E-state index is -0.167. The van der Waals surface area contributed by atoms with Gasteiger partial charge in [-0.05, 0) is 34.7 Å². The van der Waals surface area contributed by atoms with E-state index in [1.165, 1.54) is 12.1 Å². The molecule has 0 aliphatic rings. The van der Waals surface area contributed by atoms with Crippen LogP contribution in [0, 0.1) is 14.9 Å². The van der Waals surface area contributed by atoms with Crippen LogP contribution in [-0.2, 0) is 0 Å². The Labute approximate surface area is 103 Å². The molecule has 3 nitrogen and oxygen atoms in total. The predicted octanol–water partition coefficient (Wildman–Crippen LogP) is 2.45. The average molecular weight is 366 g/mol. The number of carbonyl (C=O) groups excluding carboxylic acids is 1. The SMILES string of the molecule is N#Cc1c(C(=O)CBr)ccc(O)c1I. The van der Waals surface area contributed by atoms with Crippen molar-refractivity contribution >= 4 is 44.3 Å². The highest BCUT2D eigenvalue weighted by atomic mass is 127. The number of aromatic hydroxyl groups is 1. The van der Waals surface area contributed by atoms with Crippen LogP contribution in [0.25, 0.3) is 0 Å². The van der Waals surface area contributed by atoms with E-state index in [2.05, 4.69) is 15.9 Å². The second-order valence-electron chi connectivity index (χ2n) is 2.49. The fraction of sp³-hybridized carbons (Fsp3) is 0.111. The van der Waals surface area contributed by atoms with E-state index < -0.39 is 0 Å². The third-order valence-electron chi connectivity index (χ3n) is 1.66. The molecule has 0 spiro atoms. The summed E-state index contributed by atoms with van der Waals surface area (Å²) in [6, 6.07) is 4.78. The van der Waals surface area contributed by atoms with Gasteiger partial charge in [-0.2, -0.15) is 5.26 Å². The number of nitrogens with zero attached hydrogens (tertiary/aromatic N) is 1. The number of carbonyl (C=O) groups is 1. The Balaban J connectivity index is 3.40. The minimum Gasteiger partial charge on any atom is -0.507 e. The Kier molecular flexibility index (Phi) is 3.89. The number of ketones is 1. The van der Waals surface area contributed by atoms with E-state index in [1.807, 2.05) is 28.7 Å². The maximum absolute atomic E-state index is 11.4. The zero-order valence-corrected chi connectivity index (χ0v) is 10.7. The fourth-order valence-electron chi connectivity index (χ4n) is 0.979. The lowest BCUT2D eigenvalue weighted by Crippen LogP contribution is -2.04. The van der Waals surface area contributed by atoms with Crippen LogP contribution in [0.2, 0.25) is 0 Å². The highest BCUT2D eigenvalue weighted by Crippen LogP contribution is 2.26. The van der Waals surface area contributed by atoms with Gasteiger partial charge in [0, 0.05) is 5.56 Å². The van der Waals surface area contributed by atoms with Crippen LogP contribution in [-0.4, -0.2) is 16.2 Å². The van der Waals surface area contributed by atoms with Crippen molar-refractivity contribution in [3.63, 3.8) is 0 Å². The summed E-state index contributed by atoms with van der Waals surface area (Å²) in [7, 11) is 0. The summed E-state index contributed by atoms with van der Waals surface area (Å²) in [5.41, 5.74) is 0.571. The zero-order valence-electron chi connectivity index (χ0n) is 6.92. The molecule has 1 aromatic rings. The molecular weight excluding hydrogens is 361 g/mol. The Morgan fingerprint density at radius 3 is 2.79 bits per heavy atom. The Bertz CT molecular complexity index is 426. The highest BCUT2D eigenvalue weighted by molar-refractivity contribution is 14.1. The number of benzene rings is 1. The molecule has 0 aromatic heterocycles. The van der Waals surface area contributed by atoms with E-state index >= 15 is 0 Å². The molecule has 1 N–H and O–H groups in total. The van der Waals surface area contributed by atoms with E-state index in [-0.39, 0.29) is 22.4 Å². The van der Waals surface area contributed by atoms with Crippen LogP contribution in [0.15, 0.2) is 12.1 Å². The molecule has 0 unspecified atom stereocenters. The van der Waals surface area contributed by atoms with Crippen molar-refractivity contribution in [1.29, 1.82) is 5.26 Å². The standard InChI is InChI=1S/C9H5BrINO2/c10-3-8(14)5-1-2-7(13)9(11)6(5)4-12/h1-2,13H,3H2. The van der Waals surface area contributed by atoms with Gasteiger partial charge in [-0.1, -0.05) is 15.9 Å². The van der Waals surface area contributed by atoms with Gasteiger partial charge in [-0.15, -0.1) is 0 Å². The summed E-state index contributed by atoms with van der Waals surface area (Å²) in [4.78, 5) is 11.4. The molecule has 0 radical (unpaired) electrons. The Morgan fingerprint density at radius 2 is 2.29 bits per heavy atom. The van der Waals surface area contributed by atoms with Crippen molar-refractivity contribution in [1.82, 2.24) is 0 Å². The molecule has 0 saturated carbocycles. The number of rotatable bonds is 2. The van der Waals surface area contributed by atoms with Crippen molar-refractivity contribution in [3.05, 3.63) is 26.8 Å². The maximum Gasteiger partial charge on any atom is 0.174 e. The molecule has 0 heterocycles. The van der Waals surface area contributed by atoms with Crippen LogP contribution in [0.3, 0.4) is 0 Å². The highest BCUT2D eigenvalue weighted by Gasteiger charge is 2.15. The average Bonchev–Trinajstić information content (AvgIpc) is 2.20. The number of halogens is 2. The molecule has 1 aromatic carbocycles. The number of Topliss-reactive ketones (excluding diaryl/α,β-unsaturated/α-hetero) is 1. The van der Waals surface area contributed by atoms with Crippen molar-refractivity contribution in [3.8, 4) is 11.8 Å². The predicted molar refractivity (Wildman–Crippen MR) is 63.7 cm³/mol. The topological polar surface area (TPSA) is 61.1 Å². The monoisotopic (exact) mass is 365 g/mol. The van der Waals surface area contributed by atoms with E-state index in [0.717, 1.165) is 0 Å². The van der Waals surface area contributed by atoms with Crippen LogP contribution < -0.4 is 0 Å². The van der Waals surface area contributed by atoms with Gasteiger partial charge in [-0.25, -0.2) is 0 Å². The number of hydrogen-bond donors (Lipinski definition) is 1. The van der Waals surface area contributed by atoms with Gasteiger partial charge in [0.2, 0.25) is 0 Å². The lowest BCUT2D eigenvalue weighted by atomic mass is 10.1. The third-order valence-corrected chi connectivity index (χ3v) is 3.26. The van der Waals surface area contributed by atoms with Gasteiger partial charge in [0.1, 0.15) is 11.8 Å².